The zero-order chi connectivity index (χ0) is 23.6. The quantitative estimate of drug-likeness (QED) is 0.359. The minimum absolute atomic E-state index is 0.141. The number of halogens is 1. The van der Waals surface area contributed by atoms with Crippen molar-refractivity contribution in [1.82, 2.24) is 9.78 Å². The number of nitro benzene ring substituents is 1. The lowest BCUT2D eigenvalue weighted by molar-refractivity contribution is -0.390. The van der Waals surface area contributed by atoms with E-state index in [4.69, 9.17) is 4.74 Å². The van der Waals surface area contributed by atoms with Crippen LogP contribution >= 0.6 is 15.9 Å². The van der Waals surface area contributed by atoms with Crippen molar-refractivity contribution in [2.24, 2.45) is 0 Å². The first-order chi connectivity index (χ1) is 15.0. The van der Waals surface area contributed by atoms with E-state index in [1.807, 2.05) is 19.9 Å². The zero-order valence-electron chi connectivity index (χ0n) is 17.3. The summed E-state index contributed by atoms with van der Waals surface area (Å²) in [5.41, 5.74) is 2.20. The molecule has 0 fully saturated rings. The van der Waals surface area contributed by atoms with Crippen LogP contribution in [0, 0.1) is 41.0 Å². The molecule has 0 aliphatic rings. The van der Waals surface area contributed by atoms with Crippen LogP contribution in [0.25, 0.3) is 0 Å². The Morgan fingerprint density at radius 1 is 1.03 bits per heavy atom. The van der Waals surface area contributed by atoms with Crippen LogP contribution in [0.15, 0.2) is 40.9 Å². The minimum Gasteiger partial charge on any atom is -0.457 e. The summed E-state index contributed by atoms with van der Waals surface area (Å²) >= 11 is 3.09. The average molecular weight is 504 g/mol. The van der Waals surface area contributed by atoms with Gasteiger partial charge in [-0.2, -0.15) is 4.68 Å². The summed E-state index contributed by atoms with van der Waals surface area (Å²) in [5, 5.41) is 28.7. The summed E-state index contributed by atoms with van der Waals surface area (Å²) in [6.45, 7) is 5.05. The fourth-order valence-electron chi connectivity index (χ4n) is 3.06. The van der Waals surface area contributed by atoms with E-state index in [0.717, 1.165) is 11.1 Å². The summed E-state index contributed by atoms with van der Waals surface area (Å²) in [7, 11) is 0. The third kappa shape index (κ3) is 5.27. The largest absolute Gasteiger partial charge is 0.457 e. The highest BCUT2D eigenvalue weighted by Gasteiger charge is 2.24. The molecule has 0 saturated carbocycles. The third-order valence-electron chi connectivity index (χ3n) is 4.40. The number of hydrogen-bond donors (Lipinski definition) is 1. The van der Waals surface area contributed by atoms with Gasteiger partial charge in [0, 0.05) is 12.1 Å². The normalized spacial score (nSPS) is 10.6. The highest BCUT2D eigenvalue weighted by Crippen LogP contribution is 2.31. The van der Waals surface area contributed by atoms with Crippen LogP contribution < -0.4 is 10.1 Å². The van der Waals surface area contributed by atoms with Gasteiger partial charge < -0.3 is 20.2 Å². The number of amides is 1. The van der Waals surface area contributed by atoms with Crippen molar-refractivity contribution in [3.05, 3.63) is 77.9 Å². The molecule has 12 heteroatoms. The molecule has 1 aromatic heterocycles. The lowest BCUT2D eigenvalue weighted by Crippen LogP contribution is -2.20. The number of nitrogens with one attached hydrogen (secondary N) is 1. The Labute approximate surface area is 190 Å². The van der Waals surface area contributed by atoms with Crippen LogP contribution in [-0.4, -0.2) is 25.5 Å². The standard InChI is InChI=1S/C20H18BrN5O6/c1-11-4-12(2)6-16(5-11)32-17-8-14(7-15(9-17)25(28)29)22-18(27)10-24-13(3)19(21)20(23-24)26(30)31/h4-9H,10H2,1-3H3,(H,22,27). The second kappa shape index (κ2) is 9.14. The van der Waals surface area contributed by atoms with Crippen molar-refractivity contribution in [1.29, 1.82) is 0 Å². The predicted molar refractivity (Wildman–Crippen MR) is 119 cm³/mol. The van der Waals surface area contributed by atoms with Gasteiger partial charge in [0.25, 0.3) is 5.69 Å². The van der Waals surface area contributed by atoms with Crippen molar-refractivity contribution in [3.63, 3.8) is 0 Å². The molecule has 3 aromatic rings. The van der Waals surface area contributed by atoms with Crippen LogP contribution in [0.3, 0.4) is 0 Å². The van der Waals surface area contributed by atoms with E-state index in [1.54, 1.807) is 19.1 Å². The second-order valence-electron chi connectivity index (χ2n) is 7.08. The Bertz CT molecular complexity index is 1220. The lowest BCUT2D eigenvalue weighted by Gasteiger charge is -2.10. The first-order valence-corrected chi connectivity index (χ1v) is 10.1. The van der Waals surface area contributed by atoms with Crippen molar-refractivity contribution in [3.8, 4) is 11.5 Å². The molecular weight excluding hydrogens is 486 g/mol. The summed E-state index contributed by atoms with van der Waals surface area (Å²) in [5.74, 6) is -0.302. The van der Waals surface area contributed by atoms with Crippen LogP contribution in [0.2, 0.25) is 0 Å². The maximum atomic E-state index is 12.5. The van der Waals surface area contributed by atoms with Crippen LogP contribution in [0.5, 0.6) is 11.5 Å². The van der Waals surface area contributed by atoms with Crippen molar-refractivity contribution in [2.75, 3.05) is 5.32 Å². The van der Waals surface area contributed by atoms with E-state index in [9.17, 15) is 25.0 Å². The lowest BCUT2D eigenvalue weighted by atomic mass is 10.1. The summed E-state index contributed by atoms with van der Waals surface area (Å²) < 4.78 is 7.13. The maximum Gasteiger partial charge on any atom is 0.404 e. The summed E-state index contributed by atoms with van der Waals surface area (Å²) in [6.07, 6.45) is 0. The molecule has 0 aliphatic heterocycles. The molecule has 0 unspecified atom stereocenters. The fourth-order valence-corrected chi connectivity index (χ4v) is 3.49. The number of carbonyl (C=O) groups is 1. The molecule has 1 heterocycles. The topological polar surface area (TPSA) is 142 Å². The Hall–Kier alpha value is -3.80. The Morgan fingerprint density at radius 2 is 1.66 bits per heavy atom. The first-order valence-electron chi connectivity index (χ1n) is 9.26. The van der Waals surface area contributed by atoms with E-state index < -0.39 is 21.6 Å². The van der Waals surface area contributed by atoms with Gasteiger partial charge in [-0.25, -0.2) is 0 Å². The van der Waals surface area contributed by atoms with Crippen LogP contribution in [0.1, 0.15) is 16.8 Å². The predicted octanol–water partition coefficient (Wildman–Crippen LogP) is 4.82. The van der Waals surface area contributed by atoms with Gasteiger partial charge in [-0.1, -0.05) is 6.07 Å². The summed E-state index contributed by atoms with van der Waals surface area (Å²) in [6, 6.07) is 9.44. The fraction of sp³-hybridized carbons (Fsp3) is 0.200. The van der Waals surface area contributed by atoms with Gasteiger partial charge in [-0.15, -0.1) is 0 Å². The molecule has 2 aromatic carbocycles. The SMILES string of the molecule is Cc1cc(C)cc(Oc2cc(NC(=O)Cn3nc([N+](=O)[O-])c(Br)c3C)cc([N+](=O)[O-])c2)c1. The van der Waals surface area contributed by atoms with E-state index >= 15 is 0 Å². The second-order valence-corrected chi connectivity index (χ2v) is 7.88. The van der Waals surface area contributed by atoms with E-state index in [1.165, 1.54) is 22.9 Å². The monoisotopic (exact) mass is 503 g/mol. The number of nitrogens with zero attached hydrogens (tertiary/aromatic N) is 4. The first kappa shape index (κ1) is 22.9. The van der Waals surface area contributed by atoms with Crippen LogP contribution in [0.4, 0.5) is 17.2 Å². The van der Waals surface area contributed by atoms with Gasteiger partial charge in [0.05, 0.1) is 27.5 Å². The molecule has 0 bridgehead atoms. The van der Waals surface area contributed by atoms with Gasteiger partial charge in [-0.3, -0.25) is 14.9 Å². The Kier molecular flexibility index (Phi) is 6.53. The van der Waals surface area contributed by atoms with Gasteiger partial charge >= 0.3 is 5.82 Å². The van der Waals surface area contributed by atoms with Gasteiger partial charge in [0.15, 0.2) is 0 Å². The molecule has 1 amide bonds. The van der Waals surface area contributed by atoms with Crippen molar-refractivity contribution in [2.45, 2.75) is 27.3 Å². The number of hydrogen-bond acceptors (Lipinski definition) is 7. The molecule has 1 N–H and O–H groups in total. The number of benzene rings is 2. The van der Waals surface area contributed by atoms with Crippen molar-refractivity contribution < 1.29 is 19.4 Å². The summed E-state index contributed by atoms with van der Waals surface area (Å²) in [4.78, 5) is 33.6. The number of non-ortho nitro benzene ring substituents is 1. The number of ether oxygens (including phenoxy) is 1. The van der Waals surface area contributed by atoms with Crippen molar-refractivity contribution >= 4 is 39.0 Å². The Balaban J connectivity index is 1.84. The van der Waals surface area contributed by atoms with E-state index in [0.29, 0.717) is 11.4 Å². The molecule has 166 valence electrons. The van der Waals surface area contributed by atoms with E-state index in [-0.39, 0.29) is 28.1 Å². The molecule has 0 atom stereocenters. The molecular formula is C20H18BrN5O6. The molecule has 11 nitrogen and oxygen atoms in total. The molecule has 0 saturated heterocycles. The number of carbonyl (C=O) groups excluding carboxylic acids is 1. The van der Waals surface area contributed by atoms with Crippen LogP contribution in [-0.2, 0) is 11.3 Å². The molecule has 32 heavy (non-hydrogen) atoms. The molecule has 0 spiro atoms. The van der Waals surface area contributed by atoms with Gasteiger partial charge in [-0.05, 0) is 64.9 Å². The highest BCUT2D eigenvalue weighted by molar-refractivity contribution is 9.10. The minimum atomic E-state index is -0.664. The molecule has 3 rings (SSSR count). The number of aryl methyl sites for hydroxylation is 2. The number of aromatic nitrogens is 2. The van der Waals surface area contributed by atoms with Gasteiger partial charge in [0.2, 0.25) is 5.91 Å². The highest BCUT2D eigenvalue weighted by atomic mass is 79.9. The number of nitro groups is 2. The zero-order valence-corrected chi connectivity index (χ0v) is 18.9. The number of anilines is 1. The Morgan fingerprint density at radius 3 is 2.22 bits per heavy atom. The number of rotatable bonds is 7. The molecule has 0 radical (unpaired) electrons. The smallest absolute Gasteiger partial charge is 0.404 e. The molecule has 0 aliphatic carbocycles. The average Bonchev–Trinajstić information content (AvgIpc) is 2.95. The van der Waals surface area contributed by atoms with E-state index in [2.05, 4.69) is 26.3 Å². The third-order valence-corrected chi connectivity index (χ3v) is 5.33. The van der Waals surface area contributed by atoms with Gasteiger partial charge in [0.1, 0.15) is 22.5 Å². The maximum absolute atomic E-state index is 12.5.